The number of aryl methyl sites for hydroxylation is 1. The van der Waals surface area contributed by atoms with Crippen molar-refractivity contribution in [2.45, 2.75) is 31.7 Å². The molecule has 1 saturated heterocycles. The van der Waals surface area contributed by atoms with Crippen molar-refractivity contribution >= 4 is 0 Å². The lowest BCUT2D eigenvalue weighted by molar-refractivity contribution is 0.246. The molecule has 5 rings (SSSR count). The topological polar surface area (TPSA) is 81.6 Å². The first-order chi connectivity index (χ1) is 13.7. The molecule has 0 spiro atoms. The summed E-state index contributed by atoms with van der Waals surface area (Å²) in [5.74, 6) is 4.09. The Labute approximate surface area is 164 Å². The van der Waals surface area contributed by atoms with Crippen molar-refractivity contribution in [2.75, 3.05) is 33.2 Å². The van der Waals surface area contributed by atoms with Crippen LogP contribution in [0.4, 0.5) is 0 Å². The molecule has 1 atom stereocenters. The Balaban J connectivity index is 1.59. The first kappa shape index (κ1) is 17.6. The fourth-order valence-corrected chi connectivity index (χ4v) is 4.26. The van der Waals surface area contributed by atoms with Crippen LogP contribution < -0.4 is 5.32 Å². The molecule has 9 heteroatoms. The van der Waals surface area contributed by atoms with E-state index in [2.05, 4.69) is 33.1 Å². The van der Waals surface area contributed by atoms with E-state index in [4.69, 9.17) is 15.1 Å². The highest BCUT2D eigenvalue weighted by atomic mass is 15.4. The third-order valence-electron chi connectivity index (χ3n) is 5.77. The number of aromatic nitrogens is 7. The molecular weight excluding hydrogens is 354 g/mol. The van der Waals surface area contributed by atoms with Gasteiger partial charge >= 0.3 is 0 Å². The molecule has 0 saturated carbocycles. The lowest BCUT2D eigenvalue weighted by atomic mass is 9.98. The van der Waals surface area contributed by atoms with Gasteiger partial charge in [0.2, 0.25) is 0 Å². The maximum absolute atomic E-state index is 5.00. The highest BCUT2D eigenvalue weighted by Gasteiger charge is 2.27. The molecule has 0 aliphatic carbocycles. The van der Waals surface area contributed by atoms with Gasteiger partial charge in [0, 0.05) is 57.8 Å². The Hall–Kier alpha value is -2.52. The van der Waals surface area contributed by atoms with E-state index in [-0.39, 0.29) is 0 Å². The minimum absolute atomic E-state index is 0.358. The van der Waals surface area contributed by atoms with Gasteiger partial charge in [-0.15, -0.1) is 5.10 Å². The number of nitrogens with one attached hydrogen (secondary N) is 1. The van der Waals surface area contributed by atoms with Gasteiger partial charge in [-0.2, -0.15) is 9.78 Å². The van der Waals surface area contributed by atoms with Crippen LogP contribution >= 0.6 is 0 Å². The average Bonchev–Trinajstić information content (AvgIpc) is 3.37. The molecule has 1 N–H and O–H groups in total. The van der Waals surface area contributed by atoms with Gasteiger partial charge in [0.15, 0.2) is 17.5 Å². The van der Waals surface area contributed by atoms with Crippen LogP contribution in [-0.2, 0) is 20.0 Å². The number of hydrogen-bond donors (Lipinski definition) is 1. The lowest BCUT2D eigenvalue weighted by Gasteiger charge is -2.27. The molecule has 0 aromatic carbocycles. The number of fused-ring (bicyclic) bond motifs is 1. The van der Waals surface area contributed by atoms with Crippen LogP contribution in [0.5, 0.6) is 0 Å². The average molecular weight is 381 g/mol. The van der Waals surface area contributed by atoms with Gasteiger partial charge in [-0.05, 0) is 26.4 Å². The zero-order valence-electron chi connectivity index (χ0n) is 16.5. The van der Waals surface area contributed by atoms with E-state index < -0.39 is 0 Å². The number of rotatable bonds is 3. The Morgan fingerprint density at radius 3 is 2.89 bits per heavy atom. The number of likely N-dealkylation sites (tertiary alicyclic amines) is 1. The second-order valence-corrected chi connectivity index (χ2v) is 7.86. The Kier molecular flexibility index (Phi) is 4.48. The standard InChI is InChI=1S/C19H27N9/c1-25-10-3-4-14(12-25)18-23-19(28(24-18)17-6-8-21-26(17)2)15-13-27-11-9-20-7-5-16(27)22-15/h6,8,13-14,20H,3-5,7,9-12H2,1-2H3. The maximum atomic E-state index is 5.00. The Bertz CT molecular complexity index is 943. The summed E-state index contributed by atoms with van der Waals surface area (Å²) >= 11 is 0. The summed E-state index contributed by atoms with van der Waals surface area (Å²) in [5, 5.41) is 12.7. The van der Waals surface area contributed by atoms with Gasteiger partial charge in [0.1, 0.15) is 11.5 Å². The van der Waals surface area contributed by atoms with E-state index in [1.807, 2.05) is 22.5 Å². The molecular formula is C19H27N9. The smallest absolute Gasteiger partial charge is 0.185 e. The first-order valence-corrected chi connectivity index (χ1v) is 10.1. The lowest BCUT2D eigenvalue weighted by Crippen LogP contribution is -2.31. The Morgan fingerprint density at radius 2 is 2.07 bits per heavy atom. The number of hydrogen-bond acceptors (Lipinski definition) is 6. The second-order valence-electron chi connectivity index (χ2n) is 7.86. The molecule has 28 heavy (non-hydrogen) atoms. The van der Waals surface area contributed by atoms with E-state index >= 15 is 0 Å². The van der Waals surface area contributed by atoms with Crippen molar-refractivity contribution in [3.05, 3.63) is 30.1 Å². The molecule has 3 aromatic heterocycles. The van der Waals surface area contributed by atoms with Crippen LogP contribution in [0.1, 0.15) is 30.4 Å². The van der Waals surface area contributed by atoms with Crippen LogP contribution in [0.2, 0.25) is 0 Å². The molecule has 2 aliphatic heterocycles. The van der Waals surface area contributed by atoms with Crippen molar-refractivity contribution < 1.29 is 0 Å². The summed E-state index contributed by atoms with van der Waals surface area (Å²) < 4.78 is 5.99. The molecule has 1 fully saturated rings. The predicted octanol–water partition coefficient (Wildman–Crippen LogP) is 0.819. The molecule has 0 bridgehead atoms. The van der Waals surface area contributed by atoms with Gasteiger partial charge in [-0.3, -0.25) is 4.68 Å². The third kappa shape index (κ3) is 3.14. The molecule has 2 aliphatic rings. The molecule has 0 radical (unpaired) electrons. The molecule has 148 valence electrons. The minimum Gasteiger partial charge on any atom is -0.333 e. The largest absolute Gasteiger partial charge is 0.333 e. The molecule has 5 heterocycles. The van der Waals surface area contributed by atoms with E-state index in [1.165, 1.54) is 6.42 Å². The zero-order chi connectivity index (χ0) is 19.1. The summed E-state index contributed by atoms with van der Waals surface area (Å²) in [5.41, 5.74) is 0.890. The molecule has 9 nitrogen and oxygen atoms in total. The van der Waals surface area contributed by atoms with Crippen LogP contribution in [-0.4, -0.2) is 72.2 Å². The molecule has 1 unspecified atom stereocenters. The summed E-state index contributed by atoms with van der Waals surface area (Å²) in [7, 11) is 4.11. The normalized spacial score (nSPS) is 20.9. The van der Waals surface area contributed by atoms with Gasteiger partial charge < -0.3 is 14.8 Å². The van der Waals surface area contributed by atoms with Crippen molar-refractivity contribution in [3.8, 4) is 17.3 Å². The van der Waals surface area contributed by atoms with Gasteiger partial charge in [0.05, 0.1) is 6.20 Å². The summed E-state index contributed by atoms with van der Waals surface area (Å²) in [6.07, 6.45) is 7.16. The van der Waals surface area contributed by atoms with Crippen LogP contribution in [0.15, 0.2) is 18.5 Å². The van der Waals surface area contributed by atoms with E-state index in [1.54, 1.807) is 6.20 Å². The highest BCUT2D eigenvalue weighted by Crippen LogP contribution is 2.28. The van der Waals surface area contributed by atoms with Gasteiger partial charge in [-0.25, -0.2) is 9.97 Å². The quantitative estimate of drug-likeness (QED) is 0.723. The summed E-state index contributed by atoms with van der Waals surface area (Å²) in [6.45, 7) is 5.01. The SMILES string of the molecule is CN1CCCC(c2nc(-c3cn4c(n3)CCNCC4)n(-c3ccnn3C)n2)C1. The van der Waals surface area contributed by atoms with Gasteiger partial charge in [-0.1, -0.05) is 0 Å². The van der Waals surface area contributed by atoms with Gasteiger partial charge in [0.25, 0.3) is 0 Å². The van der Waals surface area contributed by atoms with Crippen molar-refractivity contribution in [1.29, 1.82) is 0 Å². The van der Waals surface area contributed by atoms with Crippen LogP contribution in [0.25, 0.3) is 17.3 Å². The second kappa shape index (κ2) is 7.14. The van der Waals surface area contributed by atoms with Crippen molar-refractivity contribution in [2.24, 2.45) is 7.05 Å². The zero-order valence-corrected chi connectivity index (χ0v) is 16.5. The number of likely N-dealkylation sites (N-methyl/N-ethyl adjacent to an activating group) is 1. The number of imidazole rings is 1. The van der Waals surface area contributed by atoms with Crippen LogP contribution in [0.3, 0.4) is 0 Å². The number of piperidine rings is 1. The molecule has 3 aromatic rings. The Morgan fingerprint density at radius 1 is 1.14 bits per heavy atom. The fourth-order valence-electron chi connectivity index (χ4n) is 4.26. The minimum atomic E-state index is 0.358. The van der Waals surface area contributed by atoms with Crippen LogP contribution in [0, 0.1) is 0 Å². The van der Waals surface area contributed by atoms with E-state index in [9.17, 15) is 0 Å². The molecule has 0 amide bonds. The van der Waals surface area contributed by atoms with E-state index in [0.29, 0.717) is 5.92 Å². The highest BCUT2D eigenvalue weighted by molar-refractivity contribution is 5.52. The summed E-state index contributed by atoms with van der Waals surface area (Å²) in [6, 6.07) is 1.97. The van der Waals surface area contributed by atoms with Crippen molar-refractivity contribution in [3.63, 3.8) is 0 Å². The first-order valence-electron chi connectivity index (χ1n) is 10.1. The summed E-state index contributed by atoms with van der Waals surface area (Å²) in [4.78, 5) is 12.3. The van der Waals surface area contributed by atoms with Crippen molar-refractivity contribution in [1.82, 2.24) is 44.3 Å². The predicted molar refractivity (Wildman–Crippen MR) is 105 cm³/mol. The maximum Gasteiger partial charge on any atom is 0.185 e. The fraction of sp³-hybridized carbons (Fsp3) is 0.579. The monoisotopic (exact) mass is 381 g/mol. The number of nitrogens with zero attached hydrogens (tertiary/aromatic N) is 8. The van der Waals surface area contributed by atoms with E-state index in [0.717, 1.165) is 74.6 Å². The third-order valence-corrected chi connectivity index (χ3v) is 5.77.